The number of hydrogen-bond acceptors (Lipinski definition) is 5. The van der Waals surface area contributed by atoms with Gasteiger partial charge in [-0.25, -0.2) is 4.79 Å². The molecule has 0 aliphatic carbocycles. The van der Waals surface area contributed by atoms with Gasteiger partial charge in [-0.1, -0.05) is 31.5 Å². The second-order valence-electron chi connectivity index (χ2n) is 5.09. The highest BCUT2D eigenvalue weighted by Gasteiger charge is 2.17. The number of para-hydroxylation sites is 1. The molecule has 0 heterocycles. The first kappa shape index (κ1) is 18.0. The van der Waals surface area contributed by atoms with Crippen molar-refractivity contribution < 1.29 is 23.4 Å². The normalized spacial score (nSPS) is 11.8. The molecular weight excluding hydrogens is 330 g/mol. The lowest BCUT2D eigenvalue weighted by molar-refractivity contribution is 0.0696. The average molecular weight is 348 g/mol. The maximum atomic E-state index is 11.6. The minimum Gasteiger partial charge on any atom is -0.768 e. The van der Waals surface area contributed by atoms with E-state index in [1.807, 2.05) is 13.0 Å². The van der Waals surface area contributed by atoms with Gasteiger partial charge in [0.2, 0.25) is 0 Å². The van der Waals surface area contributed by atoms with Crippen molar-refractivity contribution in [1.82, 2.24) is 0 Å². The van der Waals surface area contributed by atoms with Crippen LogP contribution >= 0.6 is 0 Å². The molecular formula is C17H18NO5S-. The van der Waals surface area contributed by atoms with Gasteiger partial charge in [0.15, 0.2) is 5.75 Å². The highest BCUT2D eigenvalue weighted by Crippen LogP contribution is 2.36. The smallest absolute Gasteiger partial charge is 0.335 e. The van der Waals surface area contributed by atoms with Crippen molar-refractivity contribution in [3.8, 4) is 11.5 Å². The lowest BCUT2D eigenvalue weighted by atomic mass is 10.1. The molecule has 2 N–H and O–H groups in total. The van der Waals surface area contributed by atoms with Gasteiger partial charge in [-0.05, 0) is 41.8 Å². The topological polar surface area (TPSA) is 98.7 Å². The Morgan fingerprint density at radius 3 is 2.58 bits per heavy atom. The van der Waals surface area contributed by atoms with Gasteiger partial charge >= 0.3 is 5.97 Å². The molecule has 0 aliphatic rings. The van der Waals surface area contributed by atoms with E-state index in [0.717, 1.165) is 18.9 Å². The molecule has 2 aromatic carbocycles. The summed E-state index contributed by atoms with van der Waals surface area (Å²) in [7, 11) is 0. The molecule has 128 valence electrons. The Labute approximate surface area is 142 Å². The van der Waals surface area contributed by atoms with Crippen molar-refractivity contribution in [3.63, 3.8) is 0 Å². The van der Waals surface area contributed by atoms with Crippen LogP contribution in [0, 0.1) is 0 Å². The predicted octanol–water partition coefficient (Wildman–Crippen LogP) is 3.63. The highest BCUT2D eigenvalue weighted by molar-refractivity contribution is 7.79. The van der Waals surface area contributed by atoms with Crippen molar-refractivity contribution >= 4 is 22.7 Å². The maximum absolute atomic E-state index is 11.6. The number of anilines is 1. The van der Waals surface area contributed by atoms with Gasteiger partial charge < -0.3 is 19.7 Å². The predicted molar refractivity (Wildman–Crippen MR) is 90.5 cm³/mol. The number of carboxylic acid groups (broad SMARTS) is 1. The van der Waals surface area contributed by atoms with E-state index in [9.17, 15) is 18.7 Å². The lowest BCUT2D eigenvalue weighted by Crippen LogP contribution is -2.08. The molecule has 1 unspecified atom stereocenters. The van der Waals surface area contributed by atoms with E-state index in [-0.39, 0.29) is 16.2 Å². The van der Waals surface area contributed by atoms with E-state index < -0.39 is 17.0 Å². The second kappa shape index (κ2) is 8.47. The van der Waals surface area contributed by atoms with Crippen molar-refractivity contribution in [2.45, 2.75) is 24.7 Å². The largest absolute Gasteiger partial charge is 0.768 e. The summed E-state index contributed by atoms with van der Waals surface area (Å²) in [6, 6.07) is 11.2. The van der Waals surface area contributed by atoms with Crippen LogP contribution in [0.4, 0.5) is 5.69 Å². The van der Waals surface area contributed by atoms with Gasteiger partial charge in [-0.2, -0.15) is 0 Å². The Morgan fingerprint density at radius 2 is 2.00 bits per heavy atom. The molecule has 1 atom stereocenters. The molecule has 0 spiro atoms. The molecule has 0 fully saturated rings. The van der Waals surface area contributed by atoms with Gasteiger partial charge in [-0.3, -0.25) is 4.21 Å². The van der Waals surface area contributed by atoms with Crippen LogP contribution in [0.3, 0.4) is 0 Å². The number of rotatable bonds is 8. The summed E-state index contributed by atoms with van der Waals surface area (Å²) >= 11 is -2.64. The first-order valence-electron chi connectivity index (χ1n) is 7.50. The van der Waals surface area contributed by atoms with Crippen LogP contribution in [-0.4, -0.2) is 26.4 Å². The first-order chi connectivity index (χ1) is 11.5. The SMILES string of the molecule is CCCCNc1cc(C(=O)O)cc(S(=O)[O-])c1Oc1ccccc1. The molecule has 0 bridgehead atoms. The molecule has 7 heteroatoms. The Balaban J connectivity index is 2.49. The molecule has 0 saturated heterocycles. The third-order valence-electron chi connectivity index (χ3n) is 3.29. The zero-order valence-corrected chi connectivity index (χ0v) is 14.0. The van der Waals surface area contributed by atoms with Crippen LogP contribution in [0.5, 0.6) is 11.5 Å². The van der Waals surface area contributed by atoms with Crippen molar-refractivity contribution in [2.24, 2.45) is 0 Å². The van der Waals surface area contributed by atoms with E-state index in [1.54, 1.807) is 24.3 Å². The Bertz CT molecular complexity index is 733. The van der Waals surface area contributed by atoms with E-state index in [2.05, 4.69) is 5.32 Å². The fourth-order valence-electron chi connectivity index (χ4n) is 2.09. The second-order valence-corrected chi connectivity index (χ2v) is 6.00. The average Bonchev–Trinajstić information content (AvgIpc) is 2.56. The zero-order valence-electron chi connectivity index (χ0n) is 13.2. The fraction of sp³-hybridized carbons (Fsp3) is 0.235. The summed E-state index contributed by atoms with van der Waals surface area (Å²) in [5.74, 6) is -0.645. The van der Waals surface area contributed by atoms with Gasteiger partial charge in [0.25, 0.3) is 0 Å². The summed E-state index contributed by atoms with van der Waals surface area (Å²) in [4.78, 5) is 11.1. The van der Waals surface area contributed by atoms with Crippen LogP contribution < -0.4 is 10.1 Å². The summed E-state index contributed by atoms with van der Waals surface area (Å²) < 4.78 is 28.9. The van der Waals surface area contributed by atoms with Gasteiger partial charge in [0.05, 0.1) is 16.1 Å². The van der Waals surface area contributed by atoms with E-state index in [1.165, 1.54) is 6.07 Å². The van der Waals surface area contributed by atoms with E-state index in [4.69, 9.17) is 4.74 Å². The number of hydrogen-bond donors (Lipinski definition) is 2. The number of ether oxygens (including phenoxy) is 1. The number of nitrogens with one attached hydrogen (secondary N) is 1. The third-order valence-corrected chi connectivity index (χ3v) is 3.95. The zero-order chi connectivity index (χ0) is 17.5. The first-order valence-corrected chi connectivity index (χ1v) is 8.57. The quantitative estimate of drug-likeness (QED) is 0.558. The van der Waals surface area contributed by atoms with Gasteiger partial charge in [0.1, 0.15) is 5.75 Å². The molecule has 24 heavy (non-hydrogen) atoms. The van der Waals surface area contributed by atoms with Crippen molar-refractivity contribution in [3.05, 3.63) is 48.0 Å². The Hall–Kier alpha value is -2.38. The van der Waals surface area contributed by atoms with Crippen molar-refractivity contribution in [2.75, 3.05) is 11.9 Å². The molecule has 0 aromatic heterocycles. The Morgan fingerprint density at radius 1 is 1.29 bits per heavy atom. The van der Waals surface area contributed by atoms with Crippen LogP contribution in [0.1, 0.15) is 30.1 Å². The molecule has 0 amide bonds. The van der Waals surface area contributed by atoms with Gasteiger partial charge in [-0.15, -0.1) is 0 Å². The van der Waals surface area contributed by atoms with E-state index in [0.29, 0.717) is 18.0 Å². The molecule has 0 aliphatic heterocycles. The molecule has 0 radical (unpaired) electrons. The van der Waals surface area contributed by atoms with Crippen LogP contribution in [0.15, 0.2) is 47.4 Å². The number of aromatic carboxylic acids is 1. The molecule has 2 rings (SSSR count). The summed E-state index contributed by atoms with van der Waals surface area (Å²) in [5.41, 5.74) is 0.222. The van der Waals surface area contributed by atoms with E-state index >= 15 is 0 Å². The van der Waals surface area contributed by atoms with Crippen LogP contribution in [-0.2, 0) is 11.1 Å². The maximum Gasteiger partial charge on any atom is 0.335 e. The number of benzene rings is 2. The number of carboxylic acids is 1. The number of unbranched alkanes of at least 4 members (excludes halogenated alkanes) is 1. The molecule has 6 nitrogen and oxygen atoms in total. The standard InChI is InChI=1S/C17H19NO5S/c1-2-3-9-18-14-10-12(17(19)20)11-15(24(21)22)16(14)23-13-7-5-4-6-8-13/h4-8,10-11,18H,2-3,9H2,1H3,(H,19,20)(H,21,22)/p-1. The summed E-state index contributed by atoms with van der Waals surface area (Å²) in [6.45, 7) is 2.60. The lowest BCUT2D eigenvalue weighted by Gasteiger charge is -2.19. The minimum atomic E-state index is -2.64. The third kappa shape index (κ3) is 4.56. The molecule has 2 aromatic rings. The number of carbonyl (C=O) groups is 1. The summed E-state index contributed by atoms with van der Waals surface area (Å²) in [6.07, 6.45) is 1.80. The highest BCUT2D eigenvalue weighted by atomic mass is 32.2. The van der Waals surface area contributed by atoms with Crippen LogP contribution in [0.25, 0.3) is 0 Å². The molecule has 0 saturated carbocycles. The minimum absolute atomic E-state index is 0.0932. The van der Waals surface area contributed by atoms with Gasteiger partial charge in [0, 0.05) is 6.54 Å². The fourth-order valence-corrected chi connectivity index (χ4v) is 2.62. The van der Waals surface area contributed by atoms with Crippen molar-refractivity contribution in [1.29, 1.82) is 0 Å². The Kier molecular flexibility index (Phi) is 6.34. The monoisotopic (exact) mass is 348 g/mol. The van der Waals surface area contributed by atoms with Crippen LogP contribution in [0.2, 0.25) is 0 Å². The summed E-state index contributed by atoms with van der Waals surface area (Å²) in [5, 5.41) is 12.3.